The van der Waals surface area contributed by atoms with Gasteiger partial charge in [-0.3, -0.25) is 9.59 Å². The van der Waals surface area contributed by atoms with Gasteiger partial charge in [-0.2, -0.15) is 13.2 Å². The molecule has 120 valence electrons. The van der Waals surface area contributed by atoms with Crippen LogP contribution >= 0.6 is 0 Å². The molecule has 2 rings (SSSR count). The third-order valence-electron chi connectivity index (χ3n) is 3.74. The van der Waals surface area contributed by atoms with E-state index in [1.807, 2.05) is 0 Å². The molecule has 0 radical (unpaired) electrons. The number of carbonyl (C=O) groups is 2. The summed E-state index contributed by atoms with van der Waals surface area (Å²) < 4.78 is 52.7. The lowest BCUT2D eigenvalue weighted by atomic mass is 9.96. The second-order valence-corrected chi connectivity index (χ2v) is 5.19. The van der Waals surface area contributed by atoms with E-state index in [0.717, 1.165) is 17.9 Å². The molecule has 22 heavy (non-hydrogen) atoms. The summed E-state index contributed by atoms with van der Waals surface area (Å²) in [5, 5.41) is 8.98. The van der Waals surface area contributed by atoms with E-state index in [-0.39, 0.29) is 11.3 Å². The number of aliphatic carboxylic acids is 1. The van der Waals surface area contributed by atoms with Crippen molar-refractivity contribution < 1.29 is 32.3 Å². The molecule has 2 atom stereocenters. The predicted octanol–water partition coefficient (Wildman–Crippen LogP) is 2.73. The molecule has 0 aromatic heterocycles. The van der Waals surface area contributed by atoms with Gasteiger partial charge in [0.05, 0.1) is 23.1 Å². The first-order valence-corrected chi connectivity index (χ1v) is 6.47. The zero-order valence-electron chi connectivity index (χ0n) is 11.5. The van der Waals surface area contributed by atoms with Crippen LogP contribution in [0.15, 0.2) is 18.2 Å². The molecule has 1 aromatic rings. The monoisotopic (exact) mass is 319 g/mol. The van der Waals surface area contributed by atoms with Crippen molar-refractivity contribution in [2.24, 2.45) is 11.8 Å². The molecule has 1 saturated heterocycles. The molecular weight excluding hydrogens is 306 g/mol. The number of hydrogen-bond acceptors (Lipinski definition) is 3. The average molecular weight is 319 g/mol. The Labute approximate surface area is 123 Å². The second kappa shape index (κ2) is 5.58. The number of carboxylic acid groups (broad SMARTS) is 1. The minimum absolute atomic E-state index is 0.00880. The van der Waals surface area contributed by atoms with E-state index in [0.29, 0.717) is 0 Å². The molecular formula is C14H13F4NO3. The Bertz CT molecular complexity index is 615. The van der Waals surface area contributed by atoms with Crippen LogP contribution < -0.4 is 4.90 Å². The first-order chi connectivity index (χ1) is 10.1. The highest BCUT2D eigenvalue weighted by Crippen LogP contribution is 2.40. The van der Waals surface area contributed by atoms with Gasteiger partial charge in [0.1, 0.15) is 5.82 Å². The van der Waals surface area contributed by atoms with Crippen LogP contribution in [0.1, 0.15) is 17.3 Å². The Balaban J connectivity index is 2.42. The van der Waals surface area contributed by atoms with Crippen molar-refractivity contribution >= 4 is 17.4 Å². The number of benzene rings is 1. The fraction of sp³-hybridized carbons (Fsp3) is 0.429. The van der Waals surface area contributed by atoms with Gasteiger partial charge in [-0.05, 0) is 19.1 Å². The van der Waals surface area contributed by atoms with E-state index in [2.05, 4.69) is 0 Å². The zero-order chi connectivity index (χ0) is 16.7. The maximum atomic E-state index is 13.8. The van der Waals surface area contributed by atoms with Gasteiger partial charge in [-0.15, -0.1) is 0 Å². The van der Waals surface area contributed by atoms with Crippen LogP contribution in [0, 0.1) is 17.7 Å². The molecule has 0 bridgehead atoms. The molecule has 0 amide bonds. The van der Waals surface area contributed by atoms with Crippen LogP contribution in [-0.2, 0) is 4.79 Å². The summed E-state index contributed by atoms with van der Waals surface area (Å²) in [4.78, 5) is 23.7. The second-order valence-electron chi connectivity index (χ2n) is 5.19. The summed E-state index contributed by atoms with van der Waals surface area (Å²) in [6.45, 7) is 0.0569. The topological polar surface area (TPSA) is 57.6 Å². The number of rotatable bonds is 3. The van der Waals surface area contributed by atoms with E-state index in [1.165, 1.54) is 12.1 Å². The molecule has 1 heterocycles. The molecule has 8 heteroatoms. The number of hydrogen-bond donors (Lipinski definition) is 1. The summed E-state index contributed by atoms with van der Waals surface area (Å²) >= 11 is 0. The van der Waals surface area contributed by atoms with Gasteiger partial charge in [-0.25, -0.2) is 4.39 Å². The largest absolute Gasteiger partial charge is 0.481 e. The Hall–Kier alpha value is -2.12. The van der Waals surface area contributed by atoms with Crippen LogP contribution in [-0.4, -0.2) is 36.1 Å². The molecule has 1 fully saturated rings. The van der Waals surface area contributed by atoms with Gasteiger partial charge < -0.3 is 10.0 Å². The summed E-state index contributed by atoms with van der Waals surface area (Å²) in [5.41, 5.74) is -0.333. The molecule has 0 unspecified atom stereocenters. The van der Waals surface area contributed by atoms with Crippen molar-refractivity contribution in [1.29, 1.82) is 0 Å². The van der Waals surface area contributed by atoms with E-state index in [9.17, 15) is 27.2 Å². The normalized spacial score (nSPS) is 22.0. The molecule has 0 aliphatic carbocycles. The average Bonchev–Trinajstić information content (AvgIpc) is 2.82. The van der Waals surface area contributed by atoms with Crippen LogP contribution in [0.2, 0.25) is 0 Å². The Morgan fingerprint density at radius 1 is 1.27 bits per heavy atom. The van der Waals surface area contributed by atoms with Crippen molar-refractivity contribution in [3.05, 3.63) is 29.6 Å². The van der Waals surface area contributed by atoms with Gasteiger partial charge in [0.15, 0.2) is 5.78 Å². The van der Waals surface area contributed by atoms with Gasteiger partial charge in [0, 0.05) is 13.1 Å². The van der Waals surface area contributed by atoms with Crippen LogP contribution in [0.5, 0.6) is 0 Å². The summed E-state index contributed by atoms with van der Waals surface area (Å²) in [6, 6.07) is 3.62. The lowest BCUT2D eigenvalue weighted by Crippen LogP contribution is -2.33. The zero-order valence-corrected chi connectivity index (χ0v) is 11.5. The molecule has 1 N–H and O–H groups in total. The van der Waals surface area contributed by atoms with E-state index < -0.39 is 48.7 Å². The van der Waals surface area contributed by atoms with Gasteiger partial charge >= 0.3 is 12.1 Å². The van der Waals surface area contributed by atoms with Crippen molar-refractivity contribution in [2.45, 2.75) is 13.1 Å². The molecule has 1 aromatic carbocycles. The lowest BCUT2D eigenvalue weighted by Gasteiger charge is -2.22. The molecule has 1 aliphatic rings. The maximum absolute atomic E-state index is 13.8. The number of halogens is 4. The van der Waals surface area contributed by atoms with Crippen molar-refractivity contribution in [2.75, 3.05) is 18.0 Å². The Morgan fingerprint density at radius 3 is 2.36 bits per heavy atom. The Morgan fingerprint density at radius 2 is 1.91 bits per heavy atom. The lowest BCUT2D eigenvalue weighted by molar-refractivity contribution is -0.187. The first-order valence-electron chi connectivity index (χ1n) is 6.47. The van der Waals surface area contributed by atoms with Crippen molar-refractivity contribution in [3.63, 3.8) is 0 Å². The fourth-order valence-corrected chi connectivity index (χ4v) is 2.71. The van der Waals surface area contributed by atoms with E-state index in [4.69, 9.17) is 5.11 Å². The number of carbonyl (C=O) groups excluding carboxylic acids is 1. The van der Waals surface area contributed by atoms with Crippen molar-refractivity contribution in [3.8, 4) is 0 Å². The van der Waals surface area contributed by atoms with E-state index >= 15 is 0 Å². The van der Waals surface area contributed by atoms with Crippen LogP contribution in [0.3, 0.4) is 0 Å². The summed E-state index contributed by atoms with van der Waals surface area (Å²) in [5.74, 6) is -6.75. The standard InChI is InChI=1S/C14H13F4NO3/c1-7(20)12-10(15)3-2-4-11(12)19-5-8(13(21)22)9(6-19)14(16,17)18/h2-4,8-9H,5-6H2,1H3,(H,21,22)/t8-,9-/m1/s1. The number of Topliss-reactive ketones (excluding diaryl/α,β-unsaturated/α-hetero) is 1. The quantitative estimate of drug-likeness (QED) is 0.687. The highest BCUT2D eigenvalue weighted by atomic mass is 19.4. The highest BCUT2D eigenvalue weighted by molar-refractivity contribution is 6.00. The Kier molecular flexibility index (Phi) is 4.12. The number of alkyl halides is 3. The highest BCUT2D eigenvalue weighted by Gasteiger charge is 2.53. The van der Waals surface area contributed by atoms with Crippen LogP contribution in [0.4, 0.5) is 23.2 Å². The minimum Gasteiger partial charge on any atom is -0.481 e. The number of nitrogens with zero attached hydrogens (tertiary/aromatic N) is 1. The van der Waals surface area contributed by atoms with Gasteiger partial charge in [0.2, 0.25) is 0 Å². The third-order valence-corrected chi connectivity index (χ3v) is 3.74. The molecule has 4 nitrogen and oxygen atoms in total. The van der Waals surface area contributed by atoms with E-state index in [1.54, 1.807) is 0 Å². The first kappa shape index (κ1) is 16.3. The van der Waals surface area contributed by atoms with Crippen LogP contribution in [0.25, 0.3) is 0 Å². The predicted molar refractivity (Wildman–Crippen MR) is 69.3 cm³/mol. The minimum atomic E-state index is -4.68. The number of anilines is 1. The molecule has 0 saturated carbocycles. The third kappa shape index (κ3) is 2.90. The number of carboxylic acids is 1. The fourth-order valence-electron chi connectivity index (χ4n) is 2.71. The summed E-state index contributed by atoms with van der Waals surface area (Å²) in [6.07, 6.45) is -4.68. The SMILES string of the molecule is CC(=O)c1c(F)cccc1N1C[C@@H](C(F)(F)F)[C@H](C(=O)O)C1. The van der Waals surface area contributed by atoms with Crippen molar-refractivity contribution in [1.82, 2.24) is 0 Å². The number of ketones is 1. The van der Waals surface area contributed by atoms with Gasteiger partial charge in [-0.1, -0.05) is 6.07 Å². The van der Waals surface area contributed by atoms with Gasteiger partial charge in [0.25, 0.3) is 0 Å². The summed E-state index contributed by atoms with van der Waals surface area (Å²) in [7, 11) is 0. The molecule has 1 aliphatic heterocycles. The molecule has 0 spiro atoms. The maximum Gasteiger partial charge on any atom is 0.394 e. The smallest absolute Gasteiger partial charge is 0.394 e.